The van der Waals surface area contributed by atoms with Crippen LogP contribution in [0.4, 0.5) is 0 Å². The Labute approximate surface area is 146 Å². The van der Waals surface area contributed by atoms with Gasteiger partial charge < -0.3 is 15.4 Å². The SMILES string of the molecule is CC(CNC(=O)CCC1CCNC1)Oc1ccccc1Br.Cl. The van der Waals surface area contributed by atoms with Crippen molar-refractivity contribution < 1.29 is 9.53 Å². The highest BCUT2D eigenvalue weighted by atomic mass is 79.9. The van der Waals surface area contributed by atoms with Crippen LogP contribution in [0.1, 0.15) is 26.2 Å². The van der Waals surface area contributed by atoms with Gasteiger partial charge in [-0.15, -0.1) is 12.4 Å². The average molecular weight is 392 g/mol. The first-order valence-electron chi connectivity index (χ1n) is 7.53. The monoisotopic (exact) mass is 390 g/mol. The molecule has 0 saturated carbocycles. The average Bonchev–Trinajstić information content (AvgIpc) is 2.99. The molecule has 1 aromatic carbocycles. The molecule has 2 atom stereocenters. The van der Waals surface area contributed by atoms with E-state index in [-0.39, 0.29) is 24.4 Å². The summed E-state index contributed by atoms with van der Waals surface area (Å²) in [4.78, 5) is 11.8. The van der Waals surface area contributed by atoms with E-state index >= 15 is 0 Å². The molecule has 1 fully saturated rings. The number of para-hydroxylation sites is 1. The van der Waals surface area contributed by atoms with Gasteiger partial charge in [-0.05, 0) is 66.8 Å². The molecule has 0 radical (unpaired) electrons. The molecule has 1 heterocycles. The van der Waals surface area contributed by atoms with Gasteiger partial charge in [0.05, 0.1) is 11.0 Å². The van der Waals surface area contributed by atoms with E-state index in [1.807, 2.05) is 31.2 Å². The number of rotatable bonds is 7. The summed E-state index contributed by atoms with van der Waals surface area (Å²) < 4.78 is 6.73. The maximum absolute atomic E-state index is 11.8. The van der Waals surface area contributed by atoms with Crippen LogP contribution >= 0.6 is 28.3 Å². The minimum absolute atomic E-state index is 0. The molecule has 0 bridgehead atoms. The zero-order chi connectivity index (χ0) is 15.1. The van der Waals surface area contributed by atoms with Gasteiger partial charge in [0.25, 0.3) is 0 Å². The van der Waals surface area contributed by atoms with Crippen LogP contribution in [0.25, 0.3) is 0 Å². The van der Waals surface area contributed by atoms with Gasteiger partial charge in [0.15, 0.2) is 0 Å². The molecule has 1 amide bonds. The fraction of sp³-hybridized carbons (Fsp3) is 0.562. The Bertz CT molecular complexity index is 467. The molecule has 0 aliphatic carbocycles. The summed E-state index contributed by atoms with van der Waals surface area (Å²) in [6.45, 7) is 4.63. The van der Waals surface area contributed by atoms with E-state index < -0.39 is 0 Å². The topological polar surface area (TPSA) is 50.4 Å². The molecule has 1 aliphatic heterocycles. The lowest BCUT2D eigenvalue weighted by atomic mass is 10.0. The minimum Gasteiger partial charge on any atom is -0.488 e. The molecule has 1 aromatic rings. The zero-order valence-corrected chi connectivity index (χ0v) is 15.2. The minimum atomic E-state index is -0.0548. The second kappa shape index (κ2) is 10.1. The van der Waals surface area contributed by atoms with Crippen molar-refractivity contribution in [3.8, 4) is 5.75 Å². The first kappa shape index (κ1) is 19.3. The van der Waals surface area contributed by atoms with Crippen molar-refractivity contribution in [2.45, 2.75) is 32.3 Å². The lowest BCUT2D eigenvalue weighted by molar-refractivity contribution is -0.121. The van der Waals surface area contributed by atoms with Gasteiger partial charge in [0.2, 0.25) is 5.91 Å². The lowest BCUT2D eigenvalue weighted by Gasteiger charge is -2.16. The van der Waals surface area contributed by atoms with Gasteiger partial charge >= 0.3 is 0 Å². The summed E-state index contributed by atoms with van der Waals surface area (Å²) in [5.74, 6) is 1.57. The summed E-state index contributed by atoms with van der Waals surface area (Å²) in [6.07, 6.45) is 2.71. The maximum atomic E-state index is 11.8. The largest absolute Gasteiger partial charge is 0.488 e. The number of nitrogens with one attached hydrogen (secondary N) is 2. The van der Waals surface area contributed by atoms with Crippen LogP contribution in [-0.4, -0.2) is 31.6 Å². The van der Waals surface area contributed by atoms with E-state index in [1.165, 1.54) is 6.42 Å². The predicted molar refractivity (Wildman–Crippen MR) is 94.7 cm³/mol. The normalized spacial score (nSPS) is 18.4. The Kier molecular flexibility index (Phi) is 8.83. The second-order valence-corrected chi connectivity index (χ2v) is 6.41. The van der Waals surface area contributed by atoms with Crippen molar-refractivity contribution in [1.82, 2.24) is 10.6 Å². The highest BCUT2D eigenvalue weighted by Gasteiger charge is 2.16. The quantitative estimate of drug-likeness (QED) is 0.751. The summed E-state index contributed by atoms with van der Waals surface area (Å²) in [7, 11) is 0. The second-order valence-electron chi connectivity index (χ2n) is 5.56. The molecule has 0 spiro atoms. The van der Waals surface area contributed by atoms with Gasteiger partial charge in [0.1, 0.15) is 11.9 Å². The van der Waals surface area contributed by atoms with Crippen LogP contribution in [-0.2, 0) is 4.79 Å². The van der Waals surface area contributed by atoms with Crippen LogP contribution in [0.5, 0.6) is 5.75 Å². The van der Waals surface area contributed by atoms with Crippen molar-refractivity contribution >= 4 is 34.2 Å². The number of hydrogen-bond donors (Lipinski definition) is 2. The van der Waals surface area contributed by atoms with Crippen molar-refractivity contribution in [2.24, 2.45) is 5.92 Å². The molecule has 1 aliphatic rings. The molecular weight excluding hydrogens is 368 g/mol. The van der Waals surface area contributed by atoms with Crippen LogP contribution in [0, 0.1) is 5.92 Å². The number of hydrogen-bond acceptors (Lipinski definition) is 3. The number of amides is 1. The molecule has 0 aromatic heterocycles. The Balaban J connectivity index is 0.00000242. The lowest BCUT2D eigenvalue weighted by Crippen LogP contribution is -2.33. The number of carbonyl (C=O) groups excluding carboxylic acids is 1. The van der Waals surface area contributed by atoms with Crippen LogP contribution < -0.4 is 15.4 Å². The van der Waals surface area contributed by atoms with E-state index in [4.69, 9.17) is 4.74 Å². The van der Waals surface area contributed by atoms with Crippen molar-refractivity contribution in [2.75, 3.05) is 19.6 Å². The number of carbonyl (C=O) groups is 1. The van der Waals surface area contributed by atoms with Gasteiger partial charge in [-0.1, -0.05) is 12.1 Å². The third kappa shape index (κ3) is 6.55. The van der Waals surface area contributed by atoms with E-state index in [0.717, 1.165) is 29.7 Å². The van der Waals surface area contributed by atoms with E-state index in [1.54, 1.807) is 0 Å². The number of halogens is 2. The first-order chi connectivity index (χ1) is 10.1. The Morgan fingerprint density at radius 2 is 2.27 bits per heavy atom. The first-order valence-corrected chi connectivity index (χ1v) is 8.33. The number of ether oxygens (including phenoxy) is 1. The molecule has 6 heteroatoms. The van der Waals surface area contributed by atoms with Crippen molar-refractivity contribution in [3.63, 3.8) is 0 Å². The smallest absolute Gasteiger partial charge is 0.220 e. The molecule has 2 unspecified atom stereocenters. The standard InChI is InChI=1S/C16H23BrN2O2.ClH/c1-12(21-15-5-3-2-4-14(15)17)10-19-16(20)7-6-13-8-9-18-11-13;/h2-5,12-13,18H,6-11H2,1H3,(H,19,20);1H. The molecule has 2 N–H and O–H groups in total. The summed E-state index contributed by atoms with van der Waals surface area (Å²) in [5, 5.41) is 6.27. The molecule has 124 valence electrons. The Morgan fingerprint density at radius 3 is 2.95 bits per heavy atom. The van der Waals surface area contributed by atoms with E-state index in [0.29, 0.717) is 18.9 Å². The van der Waals surface area contributed by atoms with E-state index in [2.05, 4.69) is 26.6 Å². The third-order valence-electron chi connectivity index (χ3n) is 3.69. The summed E-state index contributed by atoms with van der Waals surface area (Å²) in [6, 6.07) is 7.73. The van der Waals surface area contributed by atoms with Gasteiger partial charge in [-0.3, -0.25) is 4.79 Å². The molecular formula is C16H24BrClN2O2. The maximum Gasteiger partial charge on any atom is 0.220 e. The fourth-order valence-electron chi connectivity index (χ4n) is 2.44. The van der Waals surface area contributed by atoms with Crippen LogP contribution in [0.3, 0.4) is 0 Å². The van der Waals surface area contributed by atoms with Gasteiger partial charge in [-0.2, -0.15) is 0 Å². The van der Waals surface area contributed by atoms with Gasteiger partial charge in [0, 0.05) is 6.42 Å². The third-order valence-corrected chi connectivity index (χ3v) is 4.35. The fourth-order valence-corrected chi connectivity index (χ4v) is 2.82. The van der Waals surface area contributed by atoms with Crippen LogP contribution in [0.2, 0.25) is 0 Å². The summed E-state index contributed by atoms with van der Waals surface area (Å²) >= 11 is 3.45. The van der Waals surface area contributed by atoms with Crippen molar-refractivity contribution in [3.05, 3.63) is 28.7 Å². The molecule has 1 saturated heterocycles. The Hall–Kier alpha value is -0.780. The highest BCUT2D eigenvalue weighted by Crippen LogP contribution is 2.24. The highest BCUT2D eigenvalue weighted by molar-refractivity contribution is 9.10. The molecule has 22 heavy (non-hydrogen) atoms. The molecule has 2 rings (SSSR count). The summed E-state index contributed by atoms with van der Waals surface area (Å²) in [5.41, 5.74) is 0. The Morgan fingerprint density at radius 1 is 1.50 bits per heavy atom. The van der Waals surface area contributed by atoms with Crippen LogP contribution in [0.15, 0.2) is 28.7 Å². The molecule has 4 nitrogen and oxygen atoms in total. The van der Waals surface area contributed by atoms with Crippen molar-refractivity contribution in [1.29, 1.82) is 0 Å². The number of benzene rings is 1. The predicted octanol–water partition coefficient (Wildman–Crippen LogP) is 3.14. The van der Waals surface area contributed by atoms with Gasteiger partial charge in [-0.25, -0.2) is 0 Å². The van der Waals surface area contributed by atoms with E-state index in [9.17, 15) is 4.79 Å². The zero-order valence-electron chi connectivity index (χ0n) is 12.8.